The quantitative estimate of drug-likeness (QED) is 0.758. The lowest BCUT2D eigenvalue weighted by Gasteiger charge is -2.01. The van der Waals surface area contributed by atoms with Crippen LogP contribution in [0.2, 0.25) is 0 Å². The first-order valence-corrected chi connectivity index (χ1v) is 6.23. The first kappa shape index (κ1) is 11.4. The molecule has 6 heteroatoms. The highest BCUT2D eigenvalue weighted by molar-refractivity contribution is 8.13. The smallest absolute Gasteiger partial charge is 0.212 e. The van der Waals surface area contributed by atoms with E-state index in [0.717, 1.165) is 6.07 Å². The van der Waals surface area contributed by atoms with Crippen LogP contribution < -0.4 is 0 Å². The Labute approximate surface area is 84.9 Å². The van der Waals surface area contributed by atoms with Gasteiger partial charge >= 0.3 is 0 Å². The van der Waals surface area contributed by atoms with Crippen molar-refractivity contribution in [3.8, 4) is 0 Å². The maximum atomic E-state index is 13.0. The highest BCUT2D eigenvalue weighted by atomic mass is 35.7. The maximum Gasteiger partial charge on any atom is 0.232 e. The summed E-state index contributed by atoms with van der Waals surface area (Å²) in [4.78, 5) is 0. The van der Waals surface area contributed by atoms with Crippen LogP contribution in [0.3, 0.4) is 0 Å². The first-order valence-electron chi connectivity index (χ1n) is 3.75. The molecule has 78 valence electrons. The van der Waals surface area contributed by atoms with Gasteiger partial charge in [0.2, 0.25) is 9.05 Å². The first-order chi connectivity index (χ1) is 6.40. The van der Waals surface area contributed by atoms with E-state index in [9.17, 15) is 17.2 Å². The Morgan fingerprint density at radius 3 is 2.50 bits per heavy atom. The number of benzene rings is 1. The second kappa shape index (κ2) is 4.23. The van der Waals surface area contributed by atoms with Crippen LogP contribution in [0, 0.1) is 11.6 Å². The summed E-state index contributed by atoms with van der Waals surface area (Å²) in [6.45, 7) is 0. The number of rotatable bonds is 3. The third kappa shape index (κ3) is 3.23. The van der Waals surface area contributed by atoms with Gasteiger partial charge in [0.25, 0.3) is 0 Å². The van der Waals surface area contributed by atoms with E-state index in [-0.39, 0.29) is 12.0 Å². The van der Waals surface area contributed by atoms with Gasteiger partial charge in [0.05, 0.1) is 5.75 Å². The Hall–Kier alpha value is -0.680. The summed E-state index contributed by atoms with van der Waals surface area (Å²) in [6.07, 6.45) is -0.130. The molecule has 0 spiro atoms. The Kier molecular flexibility index (Phi) is 3.44. The molecule has 0 amide bonds. The zero-order valence-corrected chi connectivity index (χ0v) is 8.58. The lowest BCUT2D eigenvalue weighted by Crippen LogP contribution is -2.03. The average molecular weight is 241 g/mol. The van der Waals surface area contributed by atoms with Gasteiger partial charge in [-0.2, -0.15) is 0 Å². The maximum absolute atomic E-state index is 13.0. The minimum absolute atomic E-state index is 0.00854. The fourth-order valence-corrected chi connectivity index (χ4v) is 1.67. The van der Waals surface area contributed by atoms with E-state index in [4.69, 9.17) is 10.7 Å². The molecule has 0 aliphatic rings. The Balaban J connectivity index is 2.83. The van der Waals surface area contributed by atoms with Crippen LogP contribution in [0.25, 0.3) is 0 Å². The number of hydrogen-bond acceptors (Lipinski definition) is 2. The molecule has 0 heterocycles. The monoisotopic (exact) mass is 240 g/mol. The van der Waals surface area contributed by atoms with Crippen LogP contribution in [-0.2, 0) is 15.5 Å². The zero-order valence-electron chi connectivity index (χ0n) is 7.00. The molecule has 0 saturated heterocycles. The fourth-order valence-electron chi connectivity index (χ4n) is 0.973. The molecule has 0 unspecified atom stereocenters. The van der Waals surface area contributed by atoms with Crippen LogP contribution >= 0.6 is 10.7 Å². The molecule has 2 nitrogen and oxygen atoms in total. The van der Waals surface area contributed by atoms with Gasteiger partial charge < -0.3 is 0 Å². The van der Waals surface area contributed by atoms with E-state index >= 15 is 0 Å². The summed E-state index contributed by atoms with van der Waals surface area (Å²) in [5.74, 6) is -2.42. The van der Waals surface area contributed by atoms with E-state index < -0.39 is 26.4 Å². The van der Waals surface area contributed by atoms with E-state index in [0.29, 0.717) is 0 Å². The van der Waals surface area contributed by atoms with Gasteiger partial charge in [0.1, 0.15) is 0 Å². The molecular weight excluding hydrogens is 234 g/mol. The van der Waals surface area contributed by atoms with Gasteiger partial charge in [0.15, 0.2) is 11.6 Å². The molecule has 14 heavy (non-hydrogen) atoms. The largest absolute Gasteiger partial charge is 0.232 e. The summed E-state index contributed by atoms with van der Waals surface area (Å²) >= 11 is 0. The Morgan fingerprint density at radius 1 is 1.29 bits per heavy atom. The van der Waals surface area contributed by atoms with E-state index in [1.165, 1.54) is 12.1 Å². The zero-order chi connectivity index (χ0) is 10.8. The number of hydrogen-bond donors (Lipinski definition) is 0. The van der Waals surface area contributed by atoms with Crippen LogP contribution in [0.4, 0.5) is 8.78 Å². The molecule has 0 bridgehead atoms. The lowest BCUT2D eigenvalue weighted by molar-refractivity contribution is 0.499. The molecule has 0 atom stereocenters. The third-order valence-electron chi connectivity index (χ3n) is 1.65. The molecule has 0 N–H and O–H groups in total. The summed E-state index contributed by atoms with van der Waals surface area (Å²) in [7, 11) is 1.26. The highest BCUT2D eigenvalue weighted by Crippen LogP contribution is 2.13. The van der Waals surface area contributed by atoms with Gasteiger partial charge in [0, 0.05) is 10.7 Å². The van der Waals surface area contributed by atoms with Crippen molar-refractivity contribution >= 4 is 19.7 Å². The standard InChI is InChI=1S/C8H7ClF2O2S/c9-14(12,13)5-4-6-2-1-3-7(10)8(6)11/h1-3H,4-5H2. The Morgan fingerprint density at radius 2 is 1.93 bits per heavy atom. The molecule has 0 aliphatic heterocycles. The van der Waals surface area contributed by atoms with Gasteiger partial charge in [-0.3, -0.25) is 0 Å². The van der Waals surface area contributed by atoms with E-state index in [2.05, 4.69) is 0 Å². The molecule has 1 aromatic carbocycles. The second-order valence-corrected chi connectivity index (χ2v) is 5.60. The van der Waals surface area contributed by atoms with Crippen molar-refractivity contribution in [1.29, 1.82) is 0 Å². The summed E-state index contributed by atoms with van der Waals surface area (Å²) in [5.41, 5.74) is 0.00854. The highest BCUT2D eigenvalue weighted by Gasteiger charge is 2.11. The lowest BCUT2D eigenvalue weighted by atomic mass is 10.1. The normalized spacial score (nSPS) is 11.6. The molecule has 1 aromatic rings. The van der Waals surface area contributed by atoms with Crippen molar-refractivity contribution in [3.63, 3.8) is 0 Å². The van der Waals surface area contributed by atoms with Crippen LogP contribution in [0.1, 0.15) is 5.56 Å². The van der Waals surface area contributed by atoms with Crippen molar-refractivity contribution in [1.82, 2.24) is 0 Å². The summed E-state index contributed by atoms with van der Waals surface area (Å²) in [5, 5.41) is 0. The second-order valence-electron chi connectivity index (χ2n) is 2.71. The minimum atomic E-state index is -3.67. The summed E-state index contributed by atoms with van der Waals surface area (Å²) < 4.78 is 46.7. The SMILES string of the molecule is O=S(=O)(Cl)CCc1cccc(F)c1F. The molecule has 0 saturated carbocycles. The van der Waals surface area contributed by atoms with Crippen molar-refractivity contribution in [2.45, 2.75) is 6.42 Å². The molecule has 0 fully saturated rings. The predicted octanol–water partition coefficient (Wildman–Crippen LogP) is 2.08. The molecular formula is C8H7ClF2O2S. The van der Waals surface area contributed by atoms with E-state index in [1.54, 1.807) is 0 Å². The Bertz CT molecular complexity index is 431. The van der Waals surface area contributed by atoms with Crippen molar-refractivity contribution < 1.29 is 17.2 Å². The number of halogens is 3. The molecule has 1 rings (SSSR count). The van der Waals surface area contributed by atoms with Gasteiger partial charge in [-0.1, -0.05) is 12.1 Å². The van der Waals surface area contributed by atoms with Crippen molar-refractivity contribution in [2.24, 2.45) is 0 Å². The molecule has 0 aromatic heterocycles. The predicted molar refractivity (Wildman–Crippen MR) is 49.7 cm³/mol. The van der Waals surface area contributed by atoms with Crippen molar-refractivity contribution in [2.75, 3.05) is 5.75 Å². The van der Waals surface area contributed by atoms with Gasteiger partial charge in [-0.15, -0.1) is 0 Å². The molecule has 0 aliphatic carbocycles. The van der Waals surface area contributed by atoms with Crippen LogP contribution in [0.5, 0.6) is 0 Å². The fraction of sp³-hybridized carbons (Fsp3) is 0.250. The topological polar surface area (TPSA) is 34.1 Å². The number of aryl methyl sites for hydroxylation is 1. The minimum Gasteiger partial charge on any atom is -0.212 e. The summed E-state index contributed by atoms with van der Waals surface area (Å²) in [6, 6.07) is 3.60. The third-order valence-corrected chi connectivity index (χ3v) is 2.80. The van der Waals surface area contributed by atoms with E-state index in [1.807, 2.05) is 0 Å². The van der Waals surface area contributed by atoms with Crippen LogP contribution in [0.15, 0.2) is 18.2 Å². The van der Waals surface area contributed by atoms with Gasteiger partial charge in [-0.05, 0) is 18.1 Å². The van der Waals surface area contributed by atoms with Crippen LogP contribution in [-0.4, -0.2) is 14.2 Å². The molecule has 0 radical (unpaired) electrons. The average Bonchev–Trinajstić information content (AvgIpc) is 2.06. The van der Waals surface area contributed by atoms with Crippen molar-refractivity contribution in [3.05, 3.63) is 35.4 Å². The van der Waals surface area contributed by atoms with Gasteiger partial charge in [-0.25, -0.2) is 17.2 Å².